The van der Waals surface area contributed by atoms with Gasteiger partial charge >= 0.3 is 0 Å². The number of nitrogens with one attached hydrogen (secondary N) is 1. The van der Waals surface area contributed by atoms with Crippen LogP contribution in [0.15, 0.2) is 81.3 Å². The molecule has 5 nitrogen and oxygen atoms in total. The Balaban J connectivity index is 1.57. The van der Waals surface area contributed by atoms with Crippen LogP contribution in [0.25, 0.3) is 0 Å². The van der Waals surface area contributed by atoms with Crippen molar-refractivity contribution in [1.29, 1.82) is 0 Å². The first-order chi connectivity index (χ1) is 14.4. The number of piperidine rings is 1. The summed E-state index contributed by atoms with van der Waals surface area (Å²) in [5, 5.41) is 5.01. The van der Waals surface area contributed by atoms with Crippen LogP contribution < -0.4 is 5.32 Å². The molecule has 1 N–H and O–H groups in total. The van der Waals surface area contributed by atoms with E-state index in [1.54, 1.807) is 6.20 Å². The normalized spacial score (nSPS) is 16.3. The molecule has 2 aliphatic heterocycles. The zero-order chi connectivity index (χ0) is 21.3. The molecule has 154 valence electrons. The van der Waals surface area contributed by atoms with Crippen molar-refractivity contribution in [2.24, 2.45) is 4.99 Å². The molecular formula is C22H21Cl2N5S. The van der Waals surface area contributed by atoms with E-state index in [1.165, 1.54) is 24.4 Å². The van der Waals surface area contributed by atoms with Crippen LogP contribution in [0.2, 0.25) is 10.2 Å². The van der Waals surface area contributed by atoms with Gasteiger partial charge in [0.25, 0.3) is 0 Å². The van der Waals surface area contributed by atoms with E-state index < -0.39 is 0 Å². The molecule has 0 amide bonds. The van der Waals surface area contributed by atoms with Gasteiger partial charge in [-0.05, 0) is 31.9 Å². The molecular weight excluding hydrogens is 437 g/mol. The molecule has 0 radical (unpaired) electrons. The van der Waals surface area contributed by atoms with E-state index in [9.17, 15) is 0 Å². The van der Waals surface area contributed by atoms with Crippen LogP contribution in [-0.2, 0) is 0 Å². The standard InChI is InChI=1S/C22H21Cl2N5S/c1-13(21-14(2)28-19-9-4-5-10-29(19)15(21)3)27-16-7-6-8-17(22(16)24)30-20-12-25-18(23)11-26-20/h6-8,11-12,27H,1,3-5,9-10H2,2H3. The Morgan fingerprint density at radius 2 is 2.03 bits per heavy atom. The third-order valence-electron chi connectivity index (χ3n) is 4.98. The van der Waals surface area contributed by atoms with Crippen LogP contribution in [0.1, 0.15) is 26.2 Å². The van der Waals surface area contributed by atoms with Crippen LogP contribution in [0.4, 0.5) is 5.69 Å². The molecule has 1 aromatic carbocycles. The molecule has 0 unspecified atom stereocenters. The van der Waals surface area contributed by atoms with Crippen molar-refractivity contribution >= 4 is 46.5 Å². The average molecular weight is 458 g/mol. The SMILES string of the molecule is C=C(Nc1cccc(Sc2cnc(Cl)cn2)c1Cl)C1=C(C)N=C2CCCCN2C1=C. The van der Waals surface area contributed by atoms with Crippen LogP contribution in [0.5, 0.6) is 0 Å². The van der Waals surface area contributed by atoms with Gasteiger partial charge in [0.05, 0.1) is 28.8 Å². The number of fused-ring (bicyclic) bond motifs is 1. The Morgan fingerprint density at radius 1 is 1.20 bits per heavy atom. The van der Waals surface area contributed by atoms with Gasteiger partial charge in [-0.3, -0.25) is 0 Å². The lowest BCUT2D eigenvalue weighted by Crippen LogP contribution is -2.38. The number of hydrogen-bond acceptors (Lipinski definition) is 6. The van der Waals surface area contributed by atoms with Gasteiger partial charge in [0.2, 0.25) is 0 Å². The smallest absolute Gasteiger partial charge is 0.147 e. The maximum absolute atomic E-state index is 6.68. The Hall–Kier alpha value is -2.28. The maximum atomic E-state index is 6.68. The van der Waals surface area contributed by atoms with E-state index in [2.05, 4.69) is 33.3 Å². The Labute approximate surface area is 190 Å². The van der Waals surface area contributed by atoms with Crippen molar-refractivity contribution in [2.45, 2.75) is 36.1 Å². The summed E-state index contributed by atoms with van der Waals surface area (Å²) < 4.78 is 0. The first-order valence-electron chi connectivity index (χ1n) is 9.59. The fourth-order valence-electron chi connectivity index (χ4n) is 3.59. The molecule has 0 bridgehead atoms. The number of aromatic nitrogens is 2. The quantitative estimate of drug-likeness (QED) is 0.551. The van der Waals surface area contributed by atoms with Crippen molar-refractivity contribution in [3.05, 3.63) is 76.6 Å². The first-order valence-corrected chi connectivity index (χ1v) is 11.2. The Morgan fingerprint density at radius 3 is 2.80 bits per heavy atom. The molecule has 1 saturated heterocycles. The third kappa shape index (κ3) is 4.26. The number of nitrogens with zero attached hydrogens (tertiary/aromatic N) is 4. The lowest BCUT2D eigenvalue weighted by molar-refractivity contribution is 0.442. The Bertz CT molecular complexity index is 1080. The molecule has 8 heteroatoms. The van der Waals surface area contributed by atoms with Gasteiger partial charge in [0.1, 0.15) is 16.0 Å². The highest BCUT2D eigenvalue weighted by atomic mass is 35.5. The number of allylic oxidation sites excluding steroid dienone is 1. The predicted octanol–water partition coefficient (Wildman–Crippen LogP) is 6.55. The summed E-state index contributed by atoms with van der Waals surface area (Å²) in [6.07, 6.45) is 6.44. The van der Waals surface area contributed by atoms with E-state index in [-0.39, 0.29) is 0 Å². The van der Waals surface area contributed by atoms with E-state index in [4.69, 9.17) is 28.2 Å². The topological polar surface area (TPSA) is 53.4 Å². The summed E-state index contributed by atoms with van der Waals surface area (Å²) in [6, 6.07) is 5.79. The molecule has 4 rings (SSSR count). The molecule has 30 heavy (non-hydrogen) atoms. The lowest BCUT2D eigenvalue weighted by Gasteiger charge is -2.37. The summed E-state index contributed by atoms with van der Waals surface area (Å²) in [5.74, 6) is 1.10. The van der Waals surface area contributed by atoms with E-state index >= 15 is 0 Å². The van der Waals surface area contributed by atoms with E-state index in [0.29, 0.717) is 15.2 Å². The van der Waals surface area contributed by atoms with Crippen molar-refractivity contribution in [2.75, 3.05) is 11.9 Å². The maximum Gasteiger partial charge on any atom is 0.147 e. The molecule has 0 atom stereocenters. The fourth-order valence-corrected chi connectivity index (χ4v) is 4.76. The molecule has 2 aromatic rings. The van der Waals surface area contributed by atoms with Crippen molar-refractivity contribution in [1.82, 2.24) is 14.9 Å². The second-order valence-electron chi connectivity index (χ2n) is 7.04. The number of hydrogen-bond donors (Lipinski definition) is 1. The van der Waals surface area contributed by atoms with Crippen molar-refractivity contribution in [3.63, 3.8) is 0 Å². The zero-order valence-electron chi connectivity index (χ0n) is 16.6. The van der Waals surface area contributed by atoms with Crippen LogP contribution in [-0.4, -0.2) is 27.2 Å². The minimum Gasteiger partial charge on any atom is -0.354 e. The lowest BCUT2D eigenvalue weighted by atomic mass is 10.0. The number of rotatable bonds is 5. The summed E-state index contributed by atoms with van der Waals surface area (Å²) in [7, 11) is 0. The van der Waals surface area contributed by atoms with Crippen molar-refractivity contribution < 1.29 is 0 Å². The average Bonchev–Trinajstić information content (AvgIpc) is 2.72. The minimum absolute atomic E-state index is 0.355. The second-order valence-corrected chi connectivity index (χ2v) is 8.87. The summed E-state index contributed by atoms with van der Waals surface area (Å²) in [6.45, 7) is 11.5. The molecule has 0 saturated carbocycles. The number of amidine groups is 1. The number of aliphatic imine (C=N–C) groups is 1. The molecule has 0 aliphatic carbocycles. The number of anilines is 1. The monoisotopic (exact) mass is 457 g/mol. The number of benzene rings is 1. The Kier molecular flexibility index (Phi) is 6.18. The van der Waals surface area contributed by atoms with Gasteiger partial charge in [-0.15, -0.1) is 0 Å². The summed E-state index contributed by atoms with van der Waals surface area (Å²) in [5.41, 5.74) is 4.27. The highest BCUT2D eigenvalue weighted by Crippen LogP contribution is 2.39. The molecule has 2 aliphatic rings. The van der Waals surface area contributed by atoms with Gasteiger partial charge in [0.15, 0.2) is 0 Å². The minimum atomic E-state index is 0.355. The second kappa shape index (κ2) is 8.84. The van der Waals surface area contributed by atoms with Crippen molar-refractivity contribution in [3.8, 4) is 0 Å². The van der Waals surface area contributed by atoms with Gasteiger partial charge in [-0.2, -0.15) is 0 Å². The zero-order valence-corrected chi connectivity index (χ0v) is 18.9. The largest absolute Gasteiger partial charge is 0.354 e. The molecule has 0 spiro atoms. The van der Waals surface area contributed by atoms with Gasteiger partial charge in [-0.1, -0.05) is 54.2 Å². The number of halogens is 2. The third-order valence-corrected chi connectivity index (χ3v) is 6.67. The van der Waals surface area contributed by atoms with Gasteiger partial charge in [-0.25, -0.2) is 15.0 Å². The van der Waals surface area contributed by atoms with Crippen LogP contribution in [0.3, 0.4) is 0 Å². The highest BCUT2D eigenvalue weighted by molar-refractivity contribution is 7.99. The van der Waals surface area contributed by atoms with E-state index in [0.717, 1.165) is 58.5 Å². The van der Waals surface area contributed by atoms with Crippen LogP contribution in [0, 0.1) is 0 Å². The summed E-state index contributed by atoms with van der Waals surface area (Å²) in [4.78, 5) is 16.2. The van der Waals surface area contributed by atoms with Crippen LogP contribution >= 0.6 is 35.0 Å². The fraction of sp³-hybridized carbons (Fsp3) is 0.227. The molecule has 1 aromatic heterocycles. The first kappa shape index (κ1) is 21.0. The van der Waals surface area contributed by atoms with Gasteiger partial charge in [0, 0.05) is 34.8 Å². The highest BCUT2D eigenvalue weighted by Gasteiger charge is 2.27. The van der Waals surface area contributed by atoms with E-state index in [1.807, 2.05) is 25.1 Å². The molecule has 3 heterocycles. The summed E-state index contributed by atoms with van der Waals surface area (Å²) >= 11 is 13.9. The van der Waals surface area contributed by atoms with Gasteiger partial charge < -0.3 is 10.2 Å². The predicted molar refractivity (Wildman–Crippen MR) is 125 cm³/mol. The molecule has 1 fully saturated rings.